The van der Waals surface area contributed by atoms with Crippen molar-refractivity contribution in [1.29, 1.82) is 0 Å². The van der Waals surface area contributed by atoms with Crippen LogP contribution in [0.5, 0.6) is 0 Å². The van der Waals surface area contributed by atoms with Crippen LogP contribution < -0.4 is 5.32 Å². The van der Waals surface area contributed by atoms with Crippen molar-refractivity contribution in [1.82, 2.24) is 10.2 Å². The maximum atomic E-state index is 14.2. The van der Waals surface area contributed by atoms with Crippen LogP contribution in [-0.2, 0) is 14.4 Å². The van der Waals surface area contributed by atoms with Crippen molar-refractivity contribution in [3.8, 4) is 0 Å². The van der Waals surface area contributed by atoms with E-state index >= 15 is 0 Å². The van der Waals surface area contributed by atoms with Gasteiger partial charge in [0.15, 0.2) is 0 Å². The highest BCUT2D eigenvalue weighted by Gasteiger charge is 2.53. The van der Waals surface area contributed by atoms with Gasteiger partial charge in [0.05, 0.1) is 17.9 Å². The number of amides is 2. The van der Waals surface area contributed by atoms with E-state index in [0.29, 0.717) is 29.4 Å². The number of halogens is 2. The second-order valence-electron chi connectivity index (χ2n) is 11.4. The van der Waals surface area contributed by atoms with Gasteiger partial charge >= 0.3 is 5.97 Å². The fourth-order valence-electron chi connectivity index (χ4n) is 5.20. The van der Waals surface area contributed by atoms with E-state index in [1.165, 1.54) is 0 Å². The van der Waals surface area contributed by atoms with Gasteiger partial charge in [0.25, 0.3) is 0 Å². The summed E-state index contributed by atoms with van der Waals surface area (Å²) in [6.07, 6.45) is 0.326. The van der Waals surface area contributed by atoms with Gasteiger partial charge in [-0.25, -0.2) is 0 Å². The van der Waals surface area contributed by atoms with Crippen molar-refractivity contribution in [2.24, 2.45) is 10.8 Å². The smallest absolute Gasteiger partial charge is 0.304 e. The molecule has 0 aromatic heterocycles. The molecule has 8 heteroatoms. The van der Waals surface area contributed by atoms with Gasteiger partial charge in [0.1, 0.15) is 6.04 Å². The van der Waals surface area contributed by atoms with Gasteiger partial charge in [0.2, 0.25) is 11.8 Å². The van der Waals surface area contributed by atoms with E-state index in [0.717, 1.165) is 11.1 Å². The predicted molar refractivity (Wildman–Crippen MR) is 147 cm³/mol. The van der Waals surface area contributed by atoms with E-state index in [1.54, 1.807) is 30.0 Å². The van der Waals surface area contributed by atoms with Crippen LogP contribution in [0.25, 0.3) is 0 Å². The Labute approximate surface area is 229 Å². The molecule has 0 bridgehead atoms. The van der Waals surface area contributed by atoms with E-state index in [4.69, 9.17) is 23.2 Å². The fourth-order valence-corrected chi connectivity index (χ4v) is 5.53. The zero-order valence-electron chi connectivity index (χ0n) is 22.1. The van der Waals surface area contributed by atoms with Crippen LogP contribution in [0.2, 0.25) is 10.0 Å². The van der Waals surface area contributed by atoms with E-state index in [1.807, 2.05) is 58.0 Å². The lowest BCUT2D eigenvalue weighted by Gasteiger charge is -2.51. The van der Waals surface area contributed by atoms with Crippen molar-refractivity contribution in [3.63, 3.8) is 0 Å². The van der Waals surface area contributed by atoms with Crippen LogP contribution in [-0.4, -0.2) is 40.4 Å². The standard InChI is InChI=1S/C29H36Cl2N2O4/c1-6-23(26(36)32-17-28(2,3)4)33-25(18-10-12-20(30)13-11-18)22(19-8-7-9-21(31)14-19)15-29(5,27(33)37)16-24(34)35/h7-14,22-23,25H,6,15-17H2,1-5H3,(H,32,36)(H,34,35). The molecule has 1 aliphatic heterocycles. The van der Waals surface area contributed by atoms with E-state index in [-0.39, 0.29) is 29.6 Å². The Morgan fingerprint density at radius 1 is 1.11 bits per heavy atom. The lowest BCUT2D eigenvalue weighted by molar-refractivity contribution is -0.163. The number of rotatable bonds is 8. The number of nitrogens with one attached hydrogen (secondary N) is 1. The molecule has 3 rings (SSSR count). The summed E-state index contributed by atoms with van der Waals surface area (Å²) in [6, 6.07) is 13.4. The summed E-state index contributed by atoms with van der Waals surface area (Å²) < 4.78 is 0. The molecule has 2 N–H and O–H groups in total. The third kappa shape index (κ3) is 6.85. The highest BCUT2D eigenvalue weighted by molar-refractivity contribution is 6.30. The van der Waals surface area contributed by atoms with Crippen LogP contribution in [0, 0.1) is 10.8 Å². The SMILES string of the molecule is CCC(C(=O)NCC(C)(C)C)N1C(=O)C(C)(CC(=O)O)CC(c2cccc(Cl)c2)C1c1ccc(Cl)cc1. The fraction of sp³-hybridized carbons (Fsp3) is 0.483. The number of carbonyl (C=O) groups is 3. The Morgan fingerprint density at radius 3 is 2.30 bits per heavy atom. The monoisotopic (exact) mass is 546 g/mol. The van der Waals surface area contributed by atoms with Crippen LogP contribution in [0.15, 0.2) is 48.5 Å². The number of carbonyl (C=O) groups excluding carboxylic acids is 2. The van der Waals surface area contributed by atoms with Crippen LogP contribution in [0.1, 0.15) is 77.0 Å². The van der Waals surface area contributed by atoms with Crippen LogP contribution in [0.3, 0.4) is 0 Å². The Balaban J connectivity index is 2.21. The summed E-state index contributed by atoms with van der Waals surface area (Å²) in [6.45, 7) is 10.1. The molecule has 1 saturated heterocycles. The molecule has 0 saturated carbocycles. The third-order valence-electron chi connectivity index (χ3n) is 6.95. The van der Waals surface area contributed by atoms with Gasteiger partial charge in [0, 0.05) is 22.5 Å². The quantitative estimate of drug-likeness (QED) is 0.397. The predicted octanol–water partition coefficient (Wildman–Crippen LogP) is 6.47. The lowest BCUT2D eigenvalue weighted by Crippen LogP contribution is -2.59. The average Bonchev–Trinajstić information content (AvgIpc) is 2.80. The molecule has 0 spiro atoms. The summed E-state index contributed by atoms with van der Waals surface area (Å²) in [5, 5.41) is 13.9. The zero-order chi connectivity index (χ0) is 27.5. The van der Waals surface area contributed by atoms with E-state index < -0.39 is 23.5 Å². The van der Waals surface area contributed by atoms with E-state index in [2.05, 4.69) is 5.32 Å². The van der Waals surface area contributed by atoms with Crippen molar-refractivity contribution in [2.45, 2.75) is 71.9 Å². The van der Waals surface area contributed by atoms with Crippen molar-refractivity contribution < 1.29 is 19.5 Å². The molecule has 2 aromatic rings. The molecule has 4 unspecified atom stereocenters. The summed E-state index contributed by atoms with van der Waals surface area (Å²) >= 11 is 12.6. The Hall–Kier alpha value is -2.57. The number of piperidine rings is 1. The second-order valence-corrected chi connectivity index (χ2v) is 12.3. The first-order chi connectivity index (χ1) is 17.3. The minimum Gasteiger partial charge on any atom is -0.481 e. The van der Waals surface area contributed by atoms with Gasteiger partial charge in [-0.05, 0) is 53.6 Å². The minimum atomic E-state index is -1.21. The molecule has 4 atom stereocenters. The number of benzene rings is 2. The molecule has 2 aromatic carbocycles. The third-order valence-corrected chi connectivity index (χ3v) is 7.44. The summed E-state index contributed by atoms with van der Waals surface area (Å²) in [5.74, 6) is -1.96. The molecule has 200 valence electrons. The van der Waals surface area contributed by atoms with Gasteiger partial charge in [-0.1, -0.05) is 82.1 Å². The lowest BCUT2D eigenvalue weighted by atomic mass is 9.67. The first kappa shape index (κ1) is 29.0. The maximum Gasteiger partial charge on any atom is 0.304 e. The molecular formula is C29H36Cl2N2O4. The molecule has 2 amide bonds. The van der Waals surface area contributed by atoms with Crippen molar-refractivity contribution in [2.75, 3.05) is 6.54 Å². The first-order valence-electron chi connectivity index (χ1n) is 12.6. The topological polar surface area (TPSA) is 86.7 Å². The number of hydrogen-bond acceptors (Lipinski definition) is 3. The van der Waals surface area contributed by atoms with Crippen LogP contribution >= 0.6 is 23.2 Å². The first-order valence-corrected chi connectivity index (χ1v) is 13.3. The number of likely N-dealkylation sites (tertiary alicyclic amines) is 1. The highest BCUT2D eigenvalue weighted by Crippen LogP contribution is 2.52. The highest BCUT2D eigenvalue weighted by atomic mass is 35.5. The average molecular weight is 548 g/mol. The van der Waals surface area contributed by atoms with Gasteiger partial charge < -0.3 is 15.3 Å². The molecule has 1 heterocycles. The van der Waals surface area contributed by atoms with Gasteiger partial charge in [-0.3, -0.25) is 14.4 Å². The summed E-state index contributed by atoms with van der Waals surface area (Å²) in [4.78, 5) is 41.3. The molecule has 6 nitrogen and oxygen atoms in total. The van der Waals surface area contributed by atoms with Crippen LogP contribution in [0.4, 0.5) is 0 Å². The minimum absolute atomic E-state index is 0.142. The van der Waals surface area contributed by atoms with E-state index in [9.17, 15) is 19.5 Å². The molecule has 1 aliphatic rings. The Kier molecular flexibility index (Phi) is 8.97. The molecule has 37 heavy (non-hydrogen) atoms. The Bertz CT molecular complexity index is 1150. The Morgan fingerprint density at radius 2 is 1.76 bits per heavy atom. The molecular weight excluding hydrogens is 511 g/mol. The molecule has 0 aliphatic carbocycles. The zero-order valence-corrected chi connectivity index (χ0v) is 23.6. The molecule has 1 fully saturated rings. The number of carboxylic acids is 1. The normalized spacial score (nSPS) is 23.0. The summed E-state index contributed by atoms with van der Waals surface area (Å²) in [5.41, 5.74) is 0.351. The number of carboxylic acid groups (broad SMARTS) is 1. The number of hydrogen-bond donors (Lipinski definition) is 2. The number of nitrogens with zero attached hydrogens (tertiary/aromatic N) is 1. The van der Waals surface area contributed by atoms with Crippen molar-refractivity contribution in [3.05, 3.63) is 69.7 Å². The maximum absolute atomic E-state index is 14.2. The number of aliphatic carboxylic acids is 1. The van der Waals surface area contributed by atoms with Crippen molar-refractivity contribution >= 4 is 41.0 Å². The second kappa shape index (κ2) is 11.4. The largest absolute Gasteiger partial charge is 0.481 e. The van der Waals surface area contributed by atoms with Gasteiger partial charge in [-0.15, -0.1) is 0 Å². The van der Waals surface area contributed by atoms with Gasteiger partial charge in [-0.2, -0.15) is 0 Å². The summed E-state index contributed by atoms with van der Waals surface area (Å²) in [7, 11) is 0. The molecule has 0 radical (unpaired) electrons.